The molecule has 11 rings (SSSR count). The van der Waals surface area contributed by atoms with Crippen molar-refractivity contribution in [1.82, 2.24) is 0 Å². The molecule has 0 radical (unpaired) electrons. The summed E-state index contributed by atoms with van der Waals surface area (Å²) < 4.78 is 6.32. The van der Waals surface area contributed by atoms with Crippen LogP contribution in [-0.4, -0.2) is 0 Å². The molecule has 0 spiro atoms. The maximum Gasteiger partial charge on any atom is 0.135 e. The van der Waals surface area contributed by atoms with Gasteiger partial charge in [0.15, 0.2) is 0 Å². The first-order valence-electron chi connectivity index (χ1n) is 16.8. The molecule has 220 valence electrons. The van der Waals surface area contributed by atoms with E-state index in [2.05, 4.69) is 133 Å². The molecule has 0 saturated carbocycles. The van der Waals surface area contributed by atoms with Crippen molar-refractivity contribution in [3.8, 4) is 33.4 Å². The molecule has 0 bridgehead atoms. The van der Waals surface area contributed by atoms with Gasteiger partial charge in [-0.1, -0.05) is 109 Å². The highest BCUT2D eigenvalue weighted by Crippen LogP contribution is 2.47. The van der Waals surface area contributed by atoms with Crippen molar-refractivity contribution < 1.29 is 4.42 Å². The maximum absolute atomic E-state index is 6.32. The molecule has 1 heterocycles. The Bertz CT molecular complexity index is 2740. The predicted octanol–water partition coefficient (Wildman–Crippen LogP) is 12.2. The summed E-state index contributed by atoms with van der Waals surface area (Å²) in [7, 11) is 0. The van der Waals surface area contributed by atoms with Gasteiger partial charge in [-0.05, 0) is 138 Å². The van der Waals surface area contributed by atoms with Crippen LogP contribution in [0.15, 0.2) is 138 Å². The Morgan fingerprint density at radius 1 is 0.319 bits per heavy atom. The van der Waals surface area contributed by atoms with Crippen molar-refractivity contribution >= 4 is 54.3 Å². The van der Waals surface area contributed by atoms with Crippen molar-refractivity contribution in [3.63, 3.8) is 0 Å². The summed E-state index contributed by atoms with van der Waals surface area (Å²) in [5, 5.41) is 10.2. The van der Waals surface area contributed by atoms with Crippen LogP contribution in [0.4, 0.5) is 0 Å². The average molecular weight is 599 g/mol. The van der Waals surface area contributed by atoms with E-state index in [1.54, 1.807) is 0 Å². The minimum atomic E-state index is 0.959. The van der Waals surface area contributed by atoms with Crippen LogP contribution in [0.5, 0.6) is 0 Å². The molecule has 1 nitrogen and oxygen atoms in total. The number of aryl methyl sites for hydroxylation is 4. The second kappa shape index (κ2) is 9.44. The van der Waals surface area contributed by atoms with Crippen LogP contribution >= 0.6 is 0 Å². The molecule has 8 aromatic carbocycles. The smallest absolute Gasteiger partial charge is 0.135 e. The maximum atomic E-state index is 6.32. The highest BCUT2D eigenvalue weighted by Gasteiger charge is 2.22. The van der Waals surface area contributed by atoms with E-state index in [4.69, 9.17) is 4.42 Å². The van der Waals surface area contributed by atoms with Gasteiger partial charge in [0.2, 0.25) is 0 Å². The van der Waals surface area contributed by atoms with E-state index in [0.29, 0.717) is 0 Å². The molecule has 47 heavy (non-hydrogen) atoms. The Morgan fingerprint density at radius 2 is 0.851 bits per heavy atom. The molecule has 0 unspecified atom stereocenters. The van der Waals surface area contributed by atoms with Gasteiger partial charge < -0.3 is 4.42 Å². The number of fused-ring (bicyclic) bond motifs is 8. The zero-order chi connectivity index (χ0) is 30.6. The van der Waals surface area contributed by atoms with Crippen molar-refractivity contribution in [2.24, 2.45) is 0 Å². The predicted molar refractivity (Wildman–Crippen MR) is 197 cm³/mol. The lowest BCUT2D eigenvalue weighted by atomic mass is 9.81. The molecule has 0 fully saturated rings. The van der Waals surface area contributed by atoms with E-state index < -0.39 is 0 Å². The normalized spacial score (nSPS) is 13.6. The van der Waals surface area contributed by atoms with Gasteiger partial charge in [0, 0.05) is 10.8 Å². The quantitative estimate of drug-likeness (QED) is 0.184. The molecule has 2 aliphatic rings. The van der Waals surface area contributed by atoms with Crippen LogP contribution < -0.4 is 0 Å². The van der Waals surface area contributed by atoms with Crippen LogP contribution in [0, 0.1) is 0 Å². The van der Waals surface area contributed by atoms with E-state index in [1.165, 1.54) is 118 Å². The molecular formula is C46H30O. The first-order chi connectivity index (χ1) is 23.3. The second-order valence-corrected chi connectivity index (χ2v) is 13.5. The number of hydrogen-bond acceptors (Lipinski definition) is 1. The summed E-state index contributed by atoms with van der Waals surface area (Å²) in [6, 6.07) is 50.1. The SMILES string of the molecule is c1ccc2c(-c3c4ccccc4c(-c4ccc5c(c4)CC5)c4ccccc34)ccc(-c3ccc4oc5cc6c(cc5c4c3)CC6)c2c1. The zero-order valence-corrected chi connectivity index (χ0v) is 25.9. The molecule has 0 N–H and O–H groups in total. The summed E-state index contributed by atoms with van der Waals surface area (Å²) in [5.41, 5.74) is 15.6. The fraction of sp³-hybridized carbons (Fsp3) is 0.0870. The van der Waals surface area contributed by atoms with Gasteiger partial charge in [-0.3, -0.25) is 0 Å². The lowest BCUT2D eigenvalue weighted by Gasteiger charge is -2.22. The van der Waals surface area contributed by atoms with Gasteiger partial charge in [-0.25, -0.2) is 0 Å². The zero-order valence-electron chi connectivity index (χ0n) is 25.9. The first-order valence-corrected chi connectivity index (χ1v) is 16.8. The lowest BCUT2D eigenvalue weighted by molar-refractivity contribution is 0.666. The fourth-order valence-electron chi connectivity index (χ4n) is 8.48. The lowest BCUT2D eigenvalue weighted by Crippen LogP contribution is -2.07. The minimum Gasteiger partial charge on any atom is -0.456 e. The highest BCUT2D eigenvalue weighted by molar-refractivity contribution is 6.24. The Hall–Kier alpha value is -5.66. The third-order valence-corrected chi connectivity index (χ3v) is 11.0. The average Bonchev–Trinajstić information content (AvgIpc) is 3.45. The van der Waals surface area contributed by atoms with Gasteiger partial charge >= 0.3 is 0 Å². The summed E-state index contributed by atoms with van der Waals surface area (Å²) in [6.07, 6.45) is 4.71. The van der Waals surface area contributed by atoms with Crippen molar-refractivity contribution in [2.45, 2.75) is 25.7 Å². The molecule has 0 atom stereocenters. The number of furan rings is 1. The van der Waals surface area contributed by atoms with Crippen molar-refractivity contribution in [1.29, 1.82) is 0 Å². The Kier molecular flexibility index (Phi) is 5.12. The summed E-state index contributed by atoms with van der Waals surface area (Å²) in [4.78, 5) is 0. The van der Waals surface area contributed by atoms with Gasteiger partial charge in [0.1, 0.15) is 11.2 Å². The summed E-state index contributed by atoms with van der Waals surface area (Å²) >= 11 is 0. The van der Waals surface area contributed by atoms with Crippen LogP contribution in [0.1, 0.15) is 22.3 Å². The monoisotopic (exact) mass is 598 g/mol. The van der Waals surface area contributed by atoms with E-state index in [0.717, 1.165) is 17.6 Å². The molecule has 9 aromatic rings. The molecule has 0 amide bonds. The third-order valence-electron chi connectivity index (χ3n) is 11.0. The standard InChI is InChI=1S/C46H30O/c1-2-8-35-34(7-1)33(31-19-22-43-41(25-31)42-24-29-16-17-30(29)26-44(42)47-43)20-21-40(35)46-38-11-5-3-9-36(38)45(37-10-4-6-12-39(37)46)32-18-14-27-13-15-28(27)23-32/h1-12,14,18-26H,13,15-17H2. The van der Waals surface area contributed by atoms with Crippen LogP contribution in [0.2, 0.25) is 0 Å². The van der Waals surface area contributed by atoms with Crippen LogP contribution in [0.25, 0.3) is 87.6 Å². The van der Waals surface area contributed by atoms with Gasteiger partial charge in [0.25, 0.3) is 0 Å². The second-order valence-electron chi connectivity index (χ2n) is 13.5. The van der Waals surface area contributed by atoms with Gasteiger partial charge in [0.05, 0.1) is 0 Å². The fourth-order valence-corrected chi connectivity index (χ4v) is 8.48. The van der Waals surface area contributed by atoms with Crippen molar-refractivity contribution in [2.75, 3.05) is 0 Å². The number of benzene rings is 8. The van der Waals surface area contributed by atoms with Gasteiger partial charge in [-0.15, -0.1) is 0 Å². The molecule has 2 aliphatic carbocycles. The molecule has 1 heteroatoms. The van der Waals surface area contributed by atoms with E-state index in [1.807, 2.05) is 0 Å². The number of rotatable bonds is 3. The Morgan fingerprint density at radius 3 is 1.51 bits per heavy atom. The van der Waals surface area contributed by atoms with Crippen LogP contribution in [-0.2, 0) is 25.7 Å². The van der Waals surface area contributed by atoms with Gasteiger partial charge in [-0.2, -0.15) is 0 Å². The van der Waals surface area contributed by atoms with E-state index in [-0.39, 0.29) is 0 Å². The molecule has 1 aromatic heterocycles. The number of hydrogen-bond donors (Lipinski definition) is 0. The minimum absolute atomic E-state index is 0.959. The topological polar surface area (TPSA) is 13.1 Å². The van der Waals surface area contributed by atoms with E-state index in [9.17, 15) is 0 Å². The Balaban J connectivity index is 1.16. The Labute approximate surface area is 272 Å². The largest absolute Gasteiger partial charge is 0.456 e. The third kappa shape index (κ3) is 3.60. The summed E-state index contributed by atoms with van der Waals surface area (Å²) in [6.45, 7) is 0. The molecule has 0 aliphatic heterocycles. The molecular weight excluding hydrogens is 569 g/mol. The first kappa shape index (κ1) is 25.5. The van der Waals surface area contributed by atoms with E-state index >= 15 is 0 Å². The van der Waals surface area contributed by atoms with Crippen molar-refractivity contribution in [3.05, 3.63) is 156 Å². The molecule has 0 saturated heterocycles. The highest BCUT2D eigenvalue weighted by atomic mass is 16.3. The van der Waals surface area contributed by atoms with Crippen LogP contribution in [0.3, 0.4) is 0 Å². The summed E-state index contributed by atoms with van der Waals surface area (Å²) in [5.74, 6) is 0.